The smallest absolute Gasteiger partial charge is 0.234 e. The van der Waals surface area contributed by atoms with Gasteiger partial charge in [-0.3, -0.25) is 14.6 Å². The molecule has 2 fully saturated rings. The number of nitrogens with two attached hydrogens (primary N) is 1. The van der Waals surface area contributed by atoms with Crippen molar-refractivity contribution in [2.75, 3.05) is 53.0 Å². The van der Waals surface area contributed by atoms with E-state index >= 15 is 0 Å². The van der Waals surface area contributed by atoms with Gasteiger partial charge in [0.05, 0.1) is 13.2 Å². The molecule has 0 aromatic rings. The average molecular weight is 284 g/mol. The number of rotatable bonds is 6. The van der Waals surface area contributed by atoms with Crippen molar-refractivity contribution in [3.63, 3.8) is 0 Å². The van der Waals surface area contributed by atoms with Crippen LogP contribution in [0.2, 0.25) is 0 Å². The number of methoxy groups -OCH3 is 1. The summed E-state index contributed by atoms with van der Waals surface area (Å²) in [6.45, 7) is 5.92. The number of nitrogens with zero attached hydrogens (tertiary/aromatic N) is 2. The van der Waals surface area contributed by atoms with Crippen molar-refractivity contribution in [2.24, 2.45) is 5.73 Å². The number of carbonyl (C=O) groups excluding carboxylic acids is 1. The Kier molecular flexibility index (Phi) is 6.22. The van der Waals surface area contributed by atoms with Crippen LogP contribution in [0.15, 0.2) is 0 Å². The Balaban J connectivity index is 1.66. The second kappa shape index (κ2) is 7.93. The largest absolute Gasteiger partial charge is 0.383 e. The molecule has 2 heterocycles. The molecule has 0 saturated carbocycles. The lowest BCUT2D eigenvalue weighted by atomic mass is 10.0. The van der Waals surface area contributed by atoms with Crippen molar-refractivity contribution in [1.82, 2.24) is 15.1 Å². The lowest BCUT2D eigenvalue weighted by molar-refractivity contribution is -0.122. The van der Waals surface area contributed by atoms with Crippen LogP contribution in [0.5, 0.6) is 0 Å². The van der Waals surface area contributed by atoms with Gasteiger partial charge in [0.2, 0.25) is 5.91 Å². The molecule has 2 aliphatic rings. The molecule has 0 bridgehead atoms. The van der Waals surface area contributed by atoms with E-state index in [0.717, 1.165) is 39.0 Å². The van der Waals surface area contributed by atoms with Crippen LogP contribution in [0, 0.1) is 0 Å². The molecule has 2 rings (SSSR count). The molecule has 1 unspecified atom stereocenters. The number of likely N-dealkylation sites (tertiary alicyclic amines) is 2. The molecular formula is C14H28N4O2. The average Bonchev–Trinajstić information content (AvgIpc) is 2.88. The van der Waals surface area contributed by atoms with E-state index in [9.17, 15) is 4.79 Å². The molecular weight excluding hydrogens is 256 g/mol. The van der Waals surface area contributed by atoms with E-state index in [4.69, 9.17) is 10.5 Å². The van der Waals surface area contributed by atoms with Gasteiger partial charge in [-0.15, -0.1) is 0 Å². The van der Waals surface area contributed by atoms with Crippen LogP contribution in [-0.4, -0.2) is 80.8 Å². The third-order valence-corrected chi connectivity index (χ3v) is 4.33. The lowest BCUT2D eigenvalue weighted by Crippen LogP contribution is -2.46. The maximum atomic E-state index is 11.8. The van der Waals surface area contributed by atoms with Gasteiger partial charge < -0.3 is 15.8 Å². The second-order valence-corrected chi connectivity index (χ2v) is 5.89. The molecule has 0 radical (unpaired) electrons. The molecule has 1 amide bonds. The summed E-state index contributed by atoms with van der Waals surface area (Å²) < 4.78 is 4.92. The number of piperidine rings is 1. The van der Waals surface area contributed by atoms with Crippen molar-refractivity contribution >= 4 is 5.91 Å². The zero-order valence-electron chi connectivity index (χ0n) is 12.5. The number of nitrogens with one attached hydrogen (secondary N) is 1. The highest BCUT2D eigenvalue weighted by molar-refractivity contribution is 5.78. The van der Waals surface area contributed by atoms with Crippen LogP contribution in [0.1, 0.15) is 19.3 Å². The SMILES string of the molecule is COCCNC(=O)CN1CCC(N2CCC(N)CC2)C1. The first kappa shape index (κ1) is 15.7. The van der Waals surface area contributed by atoms with E-state index in [1.54, 1.807) is 7.11 Å². The van der Waals surface area contributed by atoms with Crippen LogP contribution >= 0.6 is 0 Å². The van der Waals surface area contributed by atoms with Gasteiger partial charge in [-0.25, -0.2) is 0 Å². The molecule has 2 saturated heterocycles. The Hall–Kier alpha value is -0.690. The van der Waals surface area contributed by atoms with Crippen LogP contribution in [-0.2, 0) is 9.53 Å². The first-order valence-electron chi connectivity index (χ1n) is 7.66. The Morgan fingerprint density at radius 2 is 2.05 bits per heavy atom. The first-order valence-corrected chi connectivity index (χ1v) is 7.66. The molecule has 0 spiro atoms. The Bertz CT molecular complexity index is 306. The molecule has 2 aliphatic heterocycles. The van der Waals surface area contributed by atoms with Crippen molar-refractivity contribution in [1.29, 1.82) is 0 Å². The molecule has 0 aliphatic carbocycles. The quantitative estimate of drug-likeness (QED) is 0.628. The van der Waals surface area contributed by atoms with Gasteiger partial charge in [0, 0.05) is 38.8 Å². The van der Waals surface area contributed by atoms with Gasteiger partial charge in [0.25, 0.3) is 0 Å². The van der Waals surface area contributed by atoms with Gasteiger partial charge >= 0.3 is 0 Å². The van der Waals surface area contributed by atoms with E-state index in [1.165, 1.54) is 6.42 Å². The number of hydrogen-bond acceptors (Lipinski definition) is 5. The van der Waals surface area contributed by atoms with Crippen LogP contribution in [0.25, 0.3) is 0 Å². The van der Waals surface area contributed by atoms with Crippen LogP contribution < -0.4 is 11.1 Å². The maximum absolute atomic E-state index is 11.8. The normalized spacial score (nSPS) is 26.0. The summed E-state index contributed by atoms with van der Waals surface area (Å²) >= 11 is 0. The van der Waals surface area contributed by atoms with Crippen molar-refractivity contribution in [3.8, 4) is 0 Å². The summed E-state index contributed by atoms with van der Waals surface area (Å²) in [6.07, 6.45) is 3.38. The summed E-state index contributed by atoms with van der Waals surface area (Å²) in [6, 6.07) is 0.990. The van der Waals surface area contributed by atoms with E-state index < -0.39 is 0 Å². The highest BCUT2D eigenvalue weighted by Crippen LogP contribution is 2.19. The van der Waals surface area contributed by atoms with Gasteiger partial charge in [0.15, 0.2) is 0 Å². The minimum atomic E-state index is 0.100. The highest BCUT2D eigenvalue weighted by Gasteiger charge is 2.30. The molecule has 6 heteroatoms. The predicted molar refractivity (Wildman–Crippen MR) is 78.5 cm³/mol. The molecule has 1 atom stereocenters. The molecule has 116 valence electrons. The van der Waals surface area contributed by atoms with E-state index in [1.807, 2.05) is 0 Å². The Morgan fingerprint density at radius 3 is 2.75 bits per heavy atom. The van der Waals surface area contributed by atoms with Gasteiger partial charge in [-0.2, -0.15) is 0 Å². The third kappa shape index (κ3) is 4.70. The van der Waals surface area contributed by atoms with Gasteiger partial charge in [-0.05, 0) is 32.4 Å². The summed E-state index contributed by atoms with van der Waals surface area (Å²) in [7, 11) is 1.64. The number of ether oxygens (including phenoxy) is 1. The summed E-state index contributed by atoms with van der Waals surface area (Å²) in [5.41, 5.74) is 5.95. The van der Waals surface area contributed by atoms with Crippen molar-refractivity contribution < 1.29 is 9.53 Å². The minimum absolute atomic E-state index is 0.100. The number of amides is 1. The fraction of sp³-hybridized carbons (Fsp3) is 0.929. The monoisotopic (exact) mass is 284 g/mol. The van der Waals surface area contributed by atoms with Crippen molar-refractivity contribution in [2.45, 2.75) is 31.3 Å². The molecule has 0 aromatic heterocycles. The molecule has 0 aromatic carbocycles. The first-order chi connectivity index (χ1) is 9.69. The van der Waals surface area contributed by atoms with E-state index in [2.05, 4.69) is 15.1 Å². The second-order valence-electron chi connectivity index (χ2n) is 5.89. The topological polar surface area (TPSA) is 70.8 Å². The number of carbonyl (C=O) groups is 1. The van der Waals surface area contributed by atoms with E-state index in [-0.39, 0.29) is 5.91 Å². The zero-order valence-corrected chi connectivity index (χ0v) is 12.5. The molecule has 20 heavy (non-hydrogen) atoms. The Morgan fingerprint density at radius 1 is 1.30 bits per heavy atom. The fourth-order valence-corrected chi connectivity index (χ4v) is 3.09. The third-order valence-electron chi connectivity index (χ3n) is 4.33. The van der Waals surface area contributed by atoms with Crippen LogP contribution in [0.4, 0.5) is 0 Å². The van der Waals surface area contributed by atoms with Gasteiger partial charge in [-0.1, -0.05) is 0 Å². The Labute approximate surface area is 121 Å². The number of hydrogen-bond donors (Lipinski definition) is 2. The predicted octanol–water partition coefficient (Wildman–Crippen LogP) is -0.754. The standard InChI is InChI=1S/C14H28N4O2/c1-20-9-5-16-14(19)11-17-6-4-13(10-17)18-7-2-12(15)3-8-18/h12-13H,2-11,15H2,1H3,(H,16,19). The summed E-state index contributed by atoms with van der Waals surface area (Å²) in [4.78, 5) is 16.6. The zero-order chi connectivity index (χ0) is 14.4. The minimum Gasteiger partial charge on any atom is -0.383 e. The molecule has 6 nitrogen and oxygen atoms in total. The summed E-state index contributed by atoms with van der Waals surface area (Å²) in [5.74, 6) is 0.100. The van der Waals surface area contributed by atoms with Crippen LogP contribution in [0.3, 0.4) is 0 Å². The van der Waals surface area contributed by atoms with Gasteiger partial charge in [0.1, 0.15) is 0 Å². The molecule has 3 N–H and O–H groups in total. The summed E-state index contributed by atoms with van der Waals surface area (Å²) in [5, 5.41) is 2.87. The maximum Gasteiger partial charge on any atom is 0.234 e. The van der Waals surface area contributed by atoms with Crippen molar-refractivity contribution in [3.05, 3.63) is 0 Å². The van der Waals surface area contributed by atoms with E-state index in [0.29, 0.717) is 31.8 Å². The lowest BCUT2D eigenvalue weighted by Gasteiger charge is -2.34. The highest BCUT2D eigenvalue weighted by atomic mass is 16.5. The fourth-order valence-electron chi connectivity index (χ4n) is 3.09.